The summed E-state index contributed by atoms with van der Waals surface area (Å²) in [4.78, 5) is 0. The topological polar surface area (TPSA) is 71.2 Å². The van der Waals surface area contributed by atoms with Crippen LogP contribution in [0.1, 0.15) is 0 Å². The first-order valence-corrected chi connectivity index (χ1v) is 4.02. The summed E-state index contributed by atoms with van der Waals surface area (Å²) < 4.78 is 10.4. The van der Waals surface area contributed by atoms with Gasteiger partial charge in [0.15, 0.2) is 11.5 Å². The van der Waals surface area contributed by atoms with Crippen molar-refractivity contribution in [2.75, 3.05) is 6.79 Å². The van der Waals surface area contributed by atoms with Crippen molar-refractivity contribution in [3.05, 3.63) is 18.2 Å². The quantitative estimate of drug-likeness (QED) is 0.639. The number of tetrazole rings is 1. The van der Waals surface area contributed by atoms with Gasteiger partial charge < -0.3 is 14.6 Å². The smallest absolute Gasteiger partial charge is 0.231 e. The monoisotopic (exact) mass is 189 g/mol. The van der Waals surface area contributed by atoms with Gasteiger partial charge in [0, 0.05) is 5.82 Å². The molecule has 0 spiro atoms. The van der Waals surface area contributed by atoms with Crippen molar-refractivity contribution in [1.82, 2.24) is 20.6 Å². The lowest BCUT2D eigenvalue weighted by Gasteiger charge is -2.01. The predicted octanol–water partition coefficient (Wildman–Crippen LogP) is 0.224. The van der Waals surface area contributed by atoms with Crippen LogP contribution >= 0.6 is 0 Å². The van der Waals surface area contributed by atoms with Gasteiger partial charge in [0.1, 0.15) is 0 Å². The van der Waals surface area contributed by atoms with Gasteiger partial charge in [0.25, 0.3) is 0 Å². The molecule has 6 heteroatoms. The van der Waals surface area contributed by atoms with Crippen LogP contribution in [0.5, 0.6) is 11.5 Å². The average Bonchev–Trinajstić information content (AvgIpc) is 2.88. The van der Waals surface area contributed by atoms with E-state index < -0.39 is 0 Å². The van der Waals surface area contributed by atoms with Gasteiger partial charge in [-0.15, -0.1) is 0 Å². The summed E-state index contributed by atoms with van der Waals surface area (Å²) in [5, 5.41) is 14.3. The molecule has 0 unspecified atom stereocenters. The highest BCUT2D eigenvalue weighted by Gasteiger charge is 2.13. The van der Waals surface area contributed by atoms with Crippen molar-refractivity contribution in [3.63, 3.8) is 0 Å². The van der Waals surface area contributed by atoms with Crippen molar-refractivity contribution in [1.29, 1.82) is 0 Å². The number of nitrogens with zero attached hydrogens (tertiary/aromatic N) is 4. The Bertz CT molecular complexity index is 454. The molecule has 6 nitrogen and oxygen atoms in total. The predicted molar refractivity (Wildman–Crippen MR) is 44.7 cm³/mol. The molecule has 70 valence electrons. The average molecular weight is 189 g/mol. The number of hydrogen-bond donors (Lipinski definition) is 0. The molecule has 0 saturated heterocycles. The van der Waals surface area contributed by atoms with Gasteiger partial charge in [-0.25, -0.2) is 0 Å². The first-order valence-electron chi connectivity index (χ1n) is 4.02. The first kappa shape index (κ1) is 7.31. The van der Waals surface area contributed by atoms with E-state index in [1.807, 2.05) is 12.1 Å². The standard InChI is InChI=1S/C8H5N4O2/c1-2-6-7(14-4-13-6)3-5(1)8-9-11-12-10-8/h1-3H,4H2/q-1. The molecule has 0 bridgehead atoms. The molecular formula is C8H5N4O2-. The molecule has 1 aliphatic rings. The van der Waals surface area contributed by atoms with Gasteiger partial charge in [-0.1, -0.05) is 0 Å². The lowest BCUT2D eigenvalue weighted by atomic mass is 10.2. The van der Waals surface area contributed by atoms with Crippen LogP contribution in [0, 0.1) is 0 Å². The molecule has 3 rings (SSSR count). The molecule has 0 aliphatic carbocycles. The van der Waals surface area contributed by atoms with E-state index in [-0.39, 0.29) is 6.79 Å². The zero-order valence-electron chi connectivity index (χ0n) is 7.04. The Balaban J connectivity index is 2.09. The summed E-state index contributed by atoms with van der Waals surface area (Å²) >= 11 is 0. The number of benzene rings is 1. The van der Waals surface area contributed by atoms with Crippen molar-refractivity contribution in [2.45, 2.75) is 0 Å². The van der Waals surface area contributed by atoms with Crippen LogP contribution in [0.2, 0.25) is 0 Å². The second kappa shape index (κ2) is 2.69. The Hall–Kier alpha value is -2.11. The lowest BCUT2D eigenvalue weighted by molar-refractivity contribution is 0.174. The van der Waals surface area contributed by atoms with E-state index in [1.54, 1.807) is 6.07 Å². The van der Waals surface area contributed by atoms with Crippen LogP contribution < -0.4 is 14.6 Å². The number of ether oxygens (including phenoxy) is 2. The fourth-order valence-electron chi connectivity index (χ4n) is 1.30. The van der Waals surface area contributed by atoms with Gasteiger partial charge in [-0.3, -0.25) is 10.3 Å². The van der Waals surface area contributed by atoms with Crippen LogP contribution in [-0.4, -0.2) is 22.3 Å². The van der Waals surface area contributed by atoms with E-state index in [0.29, 0.717) is 11.6 Å². The maximum absolute atomic E-state index is 5.22. The second-order valence-corrected chi connectivity index (χ2v) is 2.77. The summed E-state index contributed by atoms with van der Waals surface area (Å²) in [7, 11) is 0. The molecule has 0 radical (unpaired) electrons. The Morgan fingerprint density at radius 2 is 2.14 bits per heavy atom. The summed E-state index contributed by atoms with van der Waals surface area (Å²) in [6.45, 7) is 0.261. The highest BCUT2D eigenvalue weighted by molar-refractivity contribution is 5.60. The fraction of sp³-hybridized carbons (Fsp3) is 0.125. The first-order chi connectivity index (χ1) is 6.93. The molecule has 2 aromatic rings. The number of aromatic nitrogens is 4. The highest BCUT2D eigenvalue weighted by atomic mass is 16.7. The molecular weight excluding hydrogens is 184 g/mol. The Morgan fingerprint density at radius 3 is 3.00 bits per heavy atom. The van der Waals surface area contributed by atoms with Crippen LogP contribution in [0.4, 0.5) is 0 Å². The maximum atomic E-state index is 5.22. The minimum Gasteiger partial charge on any atom is -0.454 e. The third kappa shape index (κ3) is 1.00. The lowest BCUT2D eigenvalue weighted by Crippen LogP contribution is -1.92. The fourth-order valence-corrected chi connectivity index (χ4v) is 1.30. The molecule has 0 atom stereocenters. The van der Waals surface area contributed by atoms with Crippen molar-refractivity contribution in [2.24, 2.45) is 0 Å². The Kier molecular flexibility index (Phi) is 1.41. The van der Waals surface area contributed by atoms with Crippen molar-refractivity contribution < 1.29 is 9.47 Å². The molecule has 0 fully saturated rings. The van der Waals surface area contributed by atoms with Crippen molar-refractivity contribution in [3.8, 4) is 22.9 Å². The molecule has 1 aromatic carbocycles. The molecule has 0 amide bonds. The van der Waals surface area contributed by atoms with Crippen LogP contribution in [0.25, 0.3) is 11.4 Å². The molecule has 2 heterocycles. The zero-order valence-corrected chi connectivity index (χ0v) is 7.04. The second-order valence-electron chi connectivity index (χ2n) is 2.77. The SMILES string of the molecule is c1cc2c(cc1-c1nnn[n-]1)OCO2. The van der Waals surface area contributed by atoms with Crippen molar-refractivity contribution >= 4 is 0 Å². The Morgan fingerprint density at radius 1 is 1.21 bits per heavy atom. The van der Waals surface area contributed by atoms with Crippen LogP contribution in [-0.2, 0) is 0 Å². The normalized spacial score (nSPS) is 13.1. The van der Waals surface area contributed by atoms with Gasteiger partial charge in [0.05, 0.1) is 0 Å². The van der Waals surface area contributed by atoms with E-state index >= 15 is 0 Å². The van der Waals surface area contributed by atoms with Gasteiger partial charge in [0.2, 0.25) is 6.79 Å². The summed E-state index contributed by atoms with van der Waals surface area (Å²) in [6.07, 6.45) is 0. The number of fused-ring (bicyclic) bond motifs is 1. The third-order valence-corrected chi connectivity index (χ3v) is 1.95. The number of rotatable bonds is 1. The Labute approximate surface area is 78.8 Å². The van der Waals surface area contributed by atoms with Crippen LogP contribution in [0.3, 0.4) is 0 Å². The molecule has 14 heavy (non-hydrogen) atoms. The van der Waals surface area contributed by atoms with Gasteiger partial charge in [-0.05, 0) is 23.8 Å². The van der Waals surface area contributed by atoms with E-state index in [0.717, 1.165) is 11.3 Å². The van der Waals surface area contributed by atoms with E-state index in [1.165, 1.54) is 0 Å². The van der Waals surface area contributed by atoms with Gasteiger partial charge >= 0.3 is 0 Å². The van der Waals surface area contributed by atoms with E-state index in [9.17, 15) is 0 Å². The zero-order chi connectivity index (χ0) is 9.38. The minimum atomic E-state index is 0.261. The molecule has 1 aliphatic heterocycles. The van der Waals surface area contributed by atoms with E-state index in [2.05, 4.69) is 20.6 Å². The molecule has 0 N–H and O–H groups in total. The summed E-state index contributed by atoms with van der Waals surface area (Å²) in [5.41, 5.74) is 0.819. The summed E-state index contributed by atoms with van der Waals surface area (Å²) in [6, 6.07) is 5.46. The summed E-state index contributed by atoms with van der Waals surface area (Å²) in [5.74, 6) is 1.93. The highest BCUT2D eigenvalue weighted by Crippen LogP contribution is 2.34. The van der Waals surface area contributed by atoms with Gasteiger partial charge in [-0.2, -0.15) is 5.21 Å². The maximum Gasteiger partial charge on any atom is 0.231 e. The third-order valence-electron chi connectivity index (χ3n) is 1.95. The minimum absolute atomic E-state index is 0.261. The number of hydrogen-bond acceptors (Lipinski definition) is 5. The molecule has 0 saturated carbocycles. The van der Waals surface area contributed by atoms with Crippen LogP contribution in [0.15, 0.2) is 18.2 Å². The van der Waals surface area contributed by atoms with E-state index in [4.69, 9.17) is 9.47 Å². The molecule has 1 aromatic heterocycles. The largest absolute Gasteiger partial charge is 0.454 e.